The van der Waals surface area contributed by atoms with E-state index in [-0.39, 0.29) is 5.60 Å². The first-order valence-electron chi connectivity index (χ1n) is 8.10. The van der Waals surface area contributed by atoms with Gasteiger partial charge in [0, 0.05) is 37.5 Å². The second kappa shape index (κ2) is 6.08. The maximum Gasteiger partial charge on any atom is 0.240 e. The topological polar surface area (TPSA) is 47.0 Å². The first kappa shape index (κ1) is 14.3. The molecule has 0 atom stereocenters. The van der Waals surface area contributed by atoms with Gasteiger partial charge in [-0.25, -0.2) is 4.98 Å². The van der Waals surface area contributed by atoms with E-state index in [0.29, 0.717) is 12.5 Å². The lowest BCUT2D eigenvalue weighted by Crippen LogP contribution is -2.36. The van der Waals surface area contributed by atoms with Crippen LogP contribution in [-0.4, -0.2) is 47.6 Å². The molecule has 3 aliphatic rings. The van der Waals surface area contributed by atoms with Gasteiger partial charge in [0.05, 0.1) is 4.90 Å². The molecule has 1 saturated heterocycles. The van der Waals surface area contributed by atoms with Crippen molar-refractivity contribution in [2.75, 3.05) is 26.2 Å². The number of ether oxygens (including phenoxy) is 2. The first-order valence-corrected chi connectivity index (χ1v) is 8.88. The monoisotopic (exact) mass is 319 g/mol. The molecule has 0 N–H and O–H groups in total. The smallest absolute Gasteiger partial charge is 0.240 e. The van der Waals surface area contributed by atoms with Crippen LogP contribution in [-0.2, 0) is 4.74 Å². The molecule has 5 nitrogen and oxygen atoms in total. The van der Waals surface area contributed by atoms with Crippen molar-refractivity contribution < 1.29 is 9.47 Å². The van der Waals surface area contributed by atoms with Crippen LogP contribution >= 0.6 is 11.9 Å². The fourth-order valence-electron chi connectivity index (χ4n) is 2.97. The summed E-state index contributed by atoms with van der Waals surface area (Å²) < 4.78 is 16.7. The number of piperidine rings is 1. The molecule has 0 amide bonds. The highest BCUT2D eigenvalue weighted by Gasteiger charge is 2.54. The summed E-state index contributed by atoms with van der Waals surface area (Å²) in [6.45, 7) is 4.06. The van der Waals surface area contributed by atoms with Crippen molar-refractivity contribution >= 4 is 17.8 Å². The standard InChI is InChI=1S/C16H21N3O2S/c1-2-9-19(10-3-1)11-12-20-15-16(6-7-16)21-14-13(22-18-15)5-4-8-17-14/h4-5,8H,1-3,6-7,9-12H2. The minimum Gasteiger partial charge on any atom is -0.476 e. The van der Waals surface area contributed by atoms with Crippen molar-refractivity contribution in [1.29, 1.82) is 0 Å². The minimum atomic E-state index is -0.353. The lowest BCUT2D eigenvalue weighted by molar-refractivity contribution is 0.148. The molecule has 2 aliphatic heterocycles. The largest absolute Gasteiger partial charge is 0.476 e. The van der Waals surface area contributed by atoms with Gasteiger partial charge in [0.15, 0.2) is 5.60 Å². The summed E-state index contributed by atoms with van der Waals surface area (Å²) in [6.07, 6.45) is 7.68. The molecule has 0 unspecified atom stereocenters. The predicted molar refractivity (Wildman–Crippen MR) is 86.4 cm³/mol. The normalized spacial score (nSPS) is 23.2. The average molecular weight is 319 g/mol. The van der Waals surface area contributed by atoms with Crippen LogP contribution in [0.4, 0.5) is 0 Å². The molecule has 1 aromatic rings. The van der Waals surface area contributed by atoms with E-state index in [2.05, 4.69) is 14.3 Å². The number of likely N-dealkylation sites (tertiary alicyclic amines) is 1. The lowest BCUT2D eigenvalue weighted by atomic mass is 10.1. The van der Waals surface area contributed by atoms with E-state index in [9.17, 15) is 0 Å². The molecule has 1 saturated carbocycles. The average Bonchev–Trinajstić information content (AvgIpc) is 3.35. The van der Waals surface area contributed by atoms with Crippen molar-refractivity contribution in [3.8, 4) is 5.88 Å². The van der Waals surface area contributed by atoms with Crippen molar-refractivity contribution in [2.24, 2.45) is 4.40 Å². The van der Waals surface area contributed by atoms with Gasteiger partial charge in [-0.3, -0.25) is 4.90 Å². The van der Waals surface area contributed by atoms with Gasteiger partial charge in [-0.15, -0.1) is 0 Å². The Morgan fingerprint density at radius 1 is 1.27 bits per heavy atom. The van der Waals surface area contributed by atoms with Crippen molar-refractivity contribution in [1.82, 2.24) is 9.88 Å². The number of rotatable bonds is 3. The third-order valence-corrected chi connectivity index (χ3v) is 5.21. The SMILES string of the molecule is c1cnc2c(c1)SN=C(OCCN1CCCCC1)C1(CC1)O2. The van der Waals surface area contributed by atoms with Gasteiger partial charge < -0.3 is 9.47 Å². The summed E-state index contributed by atoms with van der Waals surface area (Å²) >= 11 is 1.41. The fourth-order valence-corrected chi connectivity index (χ4v) is 3.68. The van der Waals surface area contributed by atoms with Crippen LogP contribution < -0.4 is 4.74 Å². The van der Waals surface area contributed by atoms with Crippen molar-refractivity contribution in [3.63, 3.8) is 0 Å². The Morgan fingerprint density at radius 2 is 2.14 bits per heavy atom. The number of fused-ring (bicyclic) bond motifs is 1. The Kier molecular flexibility index (Phi) is 3.96. The highest BCUT2D eigenvalue weighted by atomic mass is 32.2. The Morgan fingerprint density at radius 3 is 2.95 bits per heavy atom. The van der Waals surface area contributed by atoms with Crippen LogP contribution in [0.5, 0.6) is 5.88 Å². The molecule has 3 heterocycles. The highest BCUT2D eigenvalue weighted by molar-refractivity contribution is 7.98. The van der Waals surface area contributed by atoms with Crippen LogP contribution in [0.1, 0.15) is 32.1 Å². The van der Waals surface area contributed by atoms with Crippen molar-refractivity contribution in [3.05, 3.63) is 18.3 Å². The van der Waals surface area contributed by atoms with E-state index in [0.717, 1.165) is 30.2 Å². The van der Waals surface area contributed by atoms with Crippen LogP contribution in [0.2, 0.25) is 0 Å². The lowest BCUT2D eigenvalue weighted by Gasteiger charge is -2.26. The predicted octanol–water partition coefficient (Wildman–Crippen LogP) is 2.91. The molecule has 0 aromatic carbocycles. The fraction of sp³-hybridized carbons (Fsp3) is 0.625. The van der Waals surface area contributed by atoms with E-state index < -0.39 is 0 Å². The van der Waals surface area contributed by atoms with Crippen LogP contribution in [0.3, 0.4) is 0 Å². The van der Waals surface area contributed by atoms with Crippen LogP contribution in [0.15, 0.2) is 27.6 Å². The van der Waals surface area contributed by atoms with Gasteiger partial charge in [0.1, 0.15) is 6.61 Å². The summed E-state index contributed by atoms with van der Waals surface area (Å²) in [5.74, 6) is 1.43. The molecule has 0 radical (unpaired) electrons. The number of hydrogen-bond acceptors (Lipinski definition) is 6. The van der Waals surface area contributed by atoms with Crippen molar-refractivity contribution in [2.45, 2.75) is 42.6 Å². The second-order valence-electron chi connectivity index (χ2n) is 6.14. The van der Waals surface area contributed by atoms with E-state index in [1.807, 2.05) is 12.1 Å². The summed E-state index contributed by atoms with van der Waals surface area (Å²) in [4.78, 5) is 7.76. The summed E-state index contributed by atoms with van der Waals surface area (Å²) in [5.41, 5.74) is -0.353. The zero-order chi connectivity index (χ0) is 14.8. The minimum absolute atomic E-state index is 0.353. The molecule has 0 bridgehead atoms. The van der Waals surface area contributed by atoms with Gasteiger partial charge >= 0.3 is 0 Å². The van der Waals surface area contributed by atoms with Gasteiger partial charge in [-0.05, 0) is 38.1 Å². The van der Waals surface area contributed by atoms with E-state index >= 15 is 0 Å². The zero-order valence-electron chi connectivity index (χ0n) is 12.7. The summed E-state index contributed by atoms with van der Waals surface area (Å²) in [6, 6.07) is 3.90. The van der Waals surface area contributed by atoms with Gasteiger partial charge in [-0.2, -0.15) is 4.40 Å². The molecular weight excluding hydrogens is 298 g/mol. The third-order valence-electron chi connectivity index (χ3n) is 4.44. The van der Waals surface area contributed by atoms with Gasteiger partial charge in [-0.1, -0.05) is 6.42 Å². The van der Waals surface area contributed by atoms with Gasteiger partial charge in [0.25, 0.3) is 0 Å². The second-order valence-corrected chi connectivity index (χ2v) is 6.95. The van der Waals surface area contributed by atoms with Gasteiger partial charge in [0.2, 0.25) is 11.8 Å². The van der Waals surface area contributed by atoms with E-state index in [1.54, 1.807) is 6.20 Å². The summed E-state index contributed by atoms with van der Waals surface area (Å²) in [5, 5.41) is 0. The number of nitrogens with zero attached hydrogens (tertiary/aromatic N) is 3. The molecule has 22 heavy (non-hydrogen) atoms. The number of hydrogen-bond donors (Lipinski definition) is 0. The Labute approximate surface area is 135 Å². The molecule has 6 heteroatoms. The van der Waals surface area contributed by atoms with E-state index in [4.69, 9.17) is 9.47 Å². The van der Waals surface area contributed by atoms with E-state index in [1.165, 1.54) is 44.3 Å². The Bertz CT molecular complexity index is 568. The molecule has 1 aliphatic carbocycles. The Hall–Kier alpha value is -1.27. The third kappa shape index (κ3) is 2.94. The first-order chi connectivity index (χ1) is 10.9. The molecule has 118 valence electrons. The summed E-state index contributed by atoms with van der Waals surface area (Å²) in [7, 11) is 0. The molecule has 2 fully saturated rings. The number of aromatic nitrogens is 1. The zero-order valence-corrected chi connectivity index (χ0v) is 13.5. The molecule has 4 rings (SSSR count). The number of pyridine rings is 1. The highest BCUT2D eigenvalue weighted by Crippen LogP contribution is 2.46. The Balaban J connectivity index is 1.38. The molecule has 1 aromatic heterocycles. The van der Waals surface area contributed by atoms with Crippen LogP contribution in [0, 0.1) is 0 Å². The maximum atomic E-state index is 6.11. The van der Waals surface area contributed by atoms with Crippen LogP contribution in [0.25, 0.3) is 0 Å². The maximum absolute atomic E-state index is 6.11. The quantitative estimate of drug-likeness (QED) is 0.802. The molecule has 1 spiro atoms. The molecular formula is C16H21N3O2S.